The predicted molar refractivity (Wildman–Crippen MR) is 159 cm³/mol. The molecule has 1 aromatic heterocycles. The highest BCUT2D eigenvalue weighted by atomic mass is 35.5. The number of anilines is 1. The summed E-state index contributed by atoms with van der Waals surface area (Å²) in [7, 11) is 1.31. The summed E-state index contributed by atoms with van der Waals surface area (Å²) in [6.07, 6.45) is 1.87. The normalized spacial score (nSPS) is 31.1. The zero-order valence-corrected chi connectivity index (χ0v) is 24.9. The van der Waals surface area contributed by atoms with Crippen LogP contribution in [0.4, 0.5) is 5.69 Å². The van der Waals surface area contributed by atoms with Gasteiger partial charge in [-0.05, 0) is 55.2 Å². The minimum absolute atomic E-state index is 0.137. The van der Waals surface area contributed by atoms with E-state index in [1.54, 1.807) is 60.7 Å². The first-order valence-electron chi connectivity index (χ1n) is 14.2. The molecule has 6 atom stereocenters. The molecule has 6 unspecified atom stereocenters. The maximum absolute atomic E-state index is 14.1. The number of hydrogen-bond acceptors (Lipinski definition) is 7. The summed E-state index contributed by atoms with van der Waals surface area (Å²) in [4.78, 5) is 66.1. The molecule has 7 rings (SSSR count). The molecule has 3 heterocycles. The number of imide groups is 2. The monoisotopic (exact) mass is 632 g/mol. The van der Waals surface area contributed by atoms with Crippen LogP contribution in [0, 0.1) is 17.8 Å². The van der Waals surface area contributed by atoms with E-state index in [1.165, 1.54) is 7.05 Å². The first-order chi connectivity index (χ1) is 21.0. The van der Waals surface area contributed by atoms with E-state index < -0.39 is 63.7 Å². The Morgan fingerprint density at radius 1 is 0.909 bits per heavy atom. The number of likely N-dealkylation sites (tertiary alicyclic amines) is 1. The van der Waals surface area contributed by atoms with Crippen LogP contribution in [0.2, 0.25) is 0 Å². The van der Waals surface area contributed by atoms with Gasteiger partial charge in [0.1, 0.15) is 18.1 Å². The molecule has 224 valence electrons. The summed E-state index contributed by atoms with van der Waals surface area (Å²) in [6, 6.07) is 18.2. The van der Waals surface area contributed by atoms with Crippen LogP contribution in [0.15, 0.2) is 82.8 Å². The number of ketones is 1. The SMILES string of the molecule is CN1C(=O)C2(Cl)CC3C(=CCC4C(=O)N(c5ccc(C(=O)c6ccccc6)cc5)C(=O)C43)C(c3ccc(CO)o3)C2(Cl)C1=O. The number of alkyl halides is 2. The largest absolute Gasteiger partial charge is 0.463 e. The number of benzene rings is 2. The van der Waals surface area contributed by atoms with E-state index in [9.17, 15) is 29.1 Å². The molecule has 3 aromatic rings. The Bertz CT molecular complexity index is 1780. The summed E-state index contributed by atoms with van der Waals surface area (Å²) in [6.45, 7) is -0.397. The molecular formula is C33H26Cl2N2O7. The highest BCUT2D eigenvalue weighted by molar-refractivity contribution is 6.53. The van der Waals surface area contributed by atoms with Crippen molar-refractivity contribution in [2.45, 2.75) is 35.1 Å². The van der Waals surface area contributed by atoms with Gasteiger partial charge in [-0.25, -0.2) is 0 Å². The van der Waals surface area contributed by atoms with E-state index in [-0.39, 0.29) is 30.1 Å². The van der Waals surface area contributed by atoms with E-state index >= 15 is 0 Å². The molecule has 2 saturated heterocycles. The molecule has 11 heteroatoms. The summed E-state index contributed by atoms with van der Waals surface area (Å²) in [5.74, 6) is -5.27. The van der Waals surface area contributed by atoms with Gasteiger partial charge in [-0.1, -0.05) is 42.0 Å². The topological polar surface area (TPSA) is 125 Å². The van der Waals surface area contributed by atoms with E-state index in [0.29, 0.717) is 22.4 Å². The summed E-state index contributed by atoms with van der Waals surface area (Å²) in [5.41, 5.74) is 1.85. The number of aliphatic hydroxyl groups is 1. The van der Waals surface area contributed by atoms with Gasteiger partial charge in [0.15, 0.2) is 15.5 Å². The predicted octanol–water partition coefficient (Wildman–Crippen LogP) is 4.20. The van der Waals surface area contributed by atoms with Crippen LogP contribution in [0.1, 0.15) is 46.2 Å². The molecule has 0 bridgehead atoms. The van der Waals surface area contributed by atoms with Gasteiger partial charge in [0.2, 0.25) is 11.8 Å². The second kappa shape index (κ2) is 9.99. The van der Waals surface area contributed by atoms with Gasteiger partial charge in [-0.2, -0.15) is 0 Å². The number of hydrogen-bond donors (Lipinski definition) is 1. The number of halogens is 2. The number of nitrogens with zero attached hydrogens (tertiary/aromatic N) is 2. The van der Waals surface area contributed by atoms with Gasteiger partial charge >= 0.3 is 0 Å². The van der Waals surface area contributed by atoms with Gasteiger partial charge in [-0.3, -0.25) is 33.8 Å². The maximum Gasteiger partial charge on any atom is 0.253 e. The highest BCUT2D eigenvalue weighted by Crippen LogP contribution is 2.65. The van der Waals surface area contributed by atoms with Crippen LogP contribution in [-0.4, -0.2) is 56.2 Å². The molecule has 2 aliphatic carbocycles. The van der Waals surface area contributed by atoms with E-state index in [0.717, 1.165) is 9.80 Å². The molecule has 0 radical (unpaired) electrons. The maximum atomic E-state index is 14.1. The summed E-state index contributed by atoms with van der Waals surface area (Å²) in [5, 5.41) is 9.65. The van der Waals surface area contributed by atoms with Gasteiger partial charge in [0.25, 0.3) is 11.8 Å². The van der Waals surface area contributed by atoms with Gasteiger partial charge in [0, 0.05) is 18.2 Å². The Hall–Kier alpha value is -4.05. The fourth-order valence-corrected chi connectivity index (χ4v) is 8.46. The van der Waals surface area contributed by atoms with Crippen LogP contribution >= 0.6 is 23.2 Å². The molecule has 1 saturated carbocycles. The molecule has 2 aliphatic heterocycles. The number of furan rings is 1. The second-order valence-corrected chi connectivity index (χ2v) is 13.0. The molecule has 2 aromatic carbocycles. The van der Waals surface area contributed by atoms with Crippen molar-refractivity contribution < 1.29 is 33.5 Å². The van der Waals surface area contributed by atoms with Crippen molar-refractivity contribution >= 4 is 58.3 Å². The standard InChI is InChI=1S/C33H26Cl2N2O7/c1-36-30(42)32(34)15-23-21(26(33(32,35)31(36)43)24-14-11-20(16-38)44-24)12-13-22-25(23)29(41)37(28(22)40)19-9-7-18(8-10-19)27(39)17-5-3-2-4-6-17/h2-12,14,22-23,25-26,38H,13,15-16H2,1H3. The number of carbonyl (C=O) groups is 5. The van der Waals surface area contributed by atoms with Crippen LogP contribution in [0.3, 0.4) is 0 Å². The van der Waals surface area contributed by atoms with Crippen LogP contribution in [0.5, 0.6) is 0 Å². The number of rotatable bonds is 5. The molecular weight excluding hydrogens is 607 g/mol. The van der Waals surface area contributed by atoms with Crippen molar-refractivity contribution in [3.8, 4) is 0 Å². The highest BCUT2D eigenvalue weighted by Gasteiger charge is 2.76. The van der Waals surface area contributed by atoms with Gasteiger partial charge in [0.05, 0.1) is 23.4 Å². The number of aliphatic hydroxyl groups excluding tert-OH is 1. The van der Waals surface area contributed by atoms with Crippen molar-refractivity contribution in [3.63, 3.8) is 0 Å². The lowest BCUT2D eigenvalue weighted by atomic mass is 9.57. The van der Waals surface area contributed by atoms with E-state index in [2.05, 4.69) is 0 Å². The minimum Gasteiger partial charge on any atom is -0.463 e. The Kier molecular flexibility index (Phi) is 6.51. The number of allylic oxidation sites excluding steroid dienone is 2. The molecule has 9 nitrogen and oxygen atoms in total. The third kappa shape index (κ3) is 3.72. The van der Waals surface area contributed by atoms with Gasteiger partial charge < -0.3 is 9.52 Å². The lowest BCUT2D eigenvalue weighted by Crippen LogP contribution is -2.60. The number of carbonyl (C=O) groups excluding carboxylic acids is 5. The lowest BCUT2D eigenvalue weighted by molar-refractivity contribution is -0.138. The molecule has 3 fully saturated rings. The van der Waals surface area contributed by atoms with Crippen LogP contribution < -0.4 is 4.90 Å². The minimum atomic E-state index is -1.95. The summed E-state index contributed by atoms with van der Waals surface area (Å²) < 4.78 is 5.86. The second-order valence-electron chi connectivity index (χ2n) is 11.7. The molecule has 1 N–H and O–H groups in total. The average Bonchev–Trinajstić information content (AvgIpc) is 3.65. The molecule has 44 heavy (non-hydrogen) atoms. The van der Waals surface area contributed by atoms with Crippen molar-refractivity contribution in [2.24, 2.45) is 17.8 Å². The Balaban J connectivity index is 1.26. The molecule has 0 spiro atoms. The van der Waals surface area contributed by atoms with Crippen molar-refractivity contribution in [1.29, 1.82) is 0 Å². The fourth-order valence-electron chi connectivity index (χ4n) is 7.46. The fraction of sp³-hybridized carbons (Fsp3) is 0.303. The molecule has 4 amide bonds. The zero-order chi connectivity index (χ0) is 31.1. The third-order valence-electron chi connectivity index (χ3n) is 9.56. The van der Waals surface area contributed by atoms with E-state index in [4.69, 9.17) is 27.6 Å². The van der Waals surface area contributed by atoms with Crippen LogP contribution in [0.25, 0.3) is 0 Å². The Labute approximate surface area is 262 Å². The molecule has 4 aliphatic rings. The number of fused-ring (bicyclic) bond motifs is 4. The quantitative estimate of drug-likeness (QED) is 0.193. The Morgan fingerprint density at radius 2 is 1.59 bits per heavy atom. The van der Waals surface area contributed by atoms with Gasteiger partial charge in [-0.15, -0.1) is 23.2 Å². The van der Waals surface area contributed by atoms with Crippen LogP contribution in [-0.2, 0) is 25.8 Å². The van der Waals surface area contributed by atoms with Crippen molar-refractivity contribution in [3.05, 3.63) is 101 Å². The summed E-state index contributed by atoms with van der Waals surface area (Å²) >= 11 is 14.2. The zero-order valence-electron chi connectivity index (χ0n) is 23.4. The average molecular weight is 633 g/mol. The van der Waals surface area contributed by atoms with Crippen molar-refractivity contribution in [2.75, 3.05) is 11.9 Å². The number of amides is 4. The first kappa shape index (κ1) is 28.7. The third-order valence-corrected chi connectivity index (χ3v) is 11.0. The smallest absolute Gasteiger partial charge is 0.253 e. The lowest BCUT2D eigenvalue weighted by Gasteiger charge is -2.49. The van der Waals surface area contributed by atoms with Crippen molar-refractivity contribution in [1.82, 2.24) is 4.90 Å². The first-order valence-corrected chi connectivity index (χ1v) is 15.0. The Morgan fingerprint density at radius 3 is 2.25 bits per heavy atom. The van der Waals surface area contributed by atoms with E-state index in [1.807, 2.05) is 12.1 Å².